The minimum Gasteiger partial charge on any atom is -0.0877 e. The Morgan fingerprint density at radius 1 is 1.30 bits per heavy atom. The van der Waals surface area contributed by atoms with E-state index in [1.807, 2.05) is 0 Å². The summed E-state index contributed by atoms with van der Waals surface area (Å²) in [5, 5.41) is 0. The number of rotatable bonds is 0. The molecule has 0 radical (unpaired) electrons. The van der Waals surface area contributed by atoms with Crippen LogP contribution in [-0.4, -0.2) is 0 Å². The summed E-state index contributed by atoms with van der Waals surface area (Å²) in [5.41, 5.74) is 1.12. The number of hydrogen-bond donors (Lipinski definition) is 0. The van der Waals surface area contributed by atoms with Gasteiger partial charge in [0.2, 0.25) is 0 Å². The van der Waals surface area contributed by atoms with Gasteiger partial charge in [0.1, 0.15) is 0 Å². The molecule has 0 N–H and O–H groups in total. The van der Waals surface area contributed by atoms with E-state index in [-0.39, 0.29) is 0 Å². The Bertz CT molecular complexity index is 188. The van der Waals surface area contributed by atoms with E-state index in [1.54, 1.807) is 0 Å². The van der Waals surface area contributed by atoms with Gasteiger partial charge in [-0.1, -0.05) is 32.9 Å². The van der Waals surface area contributed by atoms with Gasteiger partial charge in [0, 0.05) is 0 Å². The van der Waals surface area contributed by atoms with Crippen molar-refractivity contribution in [2.75, 3.05) is 0 Å². The second-order valence-electron chi connectivity index (χ2n) is 4.68. The standard InChI is InChI=1S/C10H16/c1-9(2)6-4-5-8-7-10(8,9)3/h4,6,8H,5,7H2,1-3H3. The maximum absolute atomic E-state index is 2.43. The van der Waals surface area contributed by atoms with Crippen LogP contribution in [0.3, 0.4) is 0 Å². The van der Waals surface area contributed by atoms with Crippen molar-refractivity contribution in [2.24, 2.45) is 16.7 Å². The molecule has 2 aliphatic rings. The molecule has 1 saturated carbocycles. The average Bonchev–Trinajstić information content (AvgIpc) is 2.42. The first-order chi connectivity index (χ1) is 4.56. The molecule has 0 spiro atoms. The van der Waals surface area contributed by atoms with Gasteiger partial charge in [-0.2, -0.15) is 0 Å². The Morgan fingerprint density at radius 3 is 2.50 bits per heavy atom. The predicted molar refractivity (Wildman–Crippen MR) is 43.8 cm³/mol. The van der Waals surface area contributed by atoms with Gasteiger partial charge >= 0.3 is 0 Å². The van der Waals surface area contributed by atoms with Crippen LogP contribution in [0.25, 0.3) is 0 Å². The fourth-order valence-electron chi connectivity index (χ4n) is 2.30. The largest absolute Gasteiger partial charge is 0.0877 e. The number of fused-ring (bicyclic) bond motifs is 1. The Labute approximate surface area is 63.3 Å². The van der Waals surface area contributed by atoms with E-state index in [1.165, 1.54) is 12.8 Å². The van der Waals surface area contributed by atoms with Crippen molar-refractivity contribution >= 4 is 0 Å². The first kappa shape index (κ1) is 6.45. The van der Waals surface area contributed by atoms with Crippen LogP contribution in [0.1, 0.15) is 33.6 Å². The molecule has 0 nitrogen and oxygen atoms in total. The van der Waals surface area contributed by atoms with Gasteiger partial charge in [0.05, 0.1) is 0 Å². The summed E-state index contributed by atoms with van der Waals surface area (Å²) in [4.78, 5) is 0. The molecule has 0 saturated heterocycles. The third-order valence-corrected chi connectivity index (χ3v) is 3.84. The molecule has 0 bridgehead atoms. The fourth-order valence-corrected chi connectivity index (χ4v) is 2.30. The molecule has 0 aliphatic heterocycles. The summed E-state index contributed by atoms with van der Waals surface area (Å²) in [6, 6.07) is 0. The third-order valence-electron chi connectivity index (χ3n) is 3.84. The topological polar surface area (TPSA) is 0 Å². The van der Waals surface area contributed by atoms with E-state index in [2.05, 4.69) is 32.9 Å². The predicted octanol–water partition coefficient (Wildman–Crippen LogP) is 3.00. The third kappa shape index (κ3) is 0.574. The molecule has 0 amide bonds. The summed E-state index contributed by atoms with van der Waals surface area (Å²) in [6.45, 7) is 7.16. The molecule has 0 aromatic carbocycles. The van der Waals surface area contributed by atoms with E-state index >= 15 is 0 Å². The lowest BCUT2D eigenvalue weighted by molar-refractivity contribution is 0.244. The Morgan fingerprint density at radius 2 is 2.00 bits per heavy atom. The van der Waals surface area contributed by atoms with Gasteiger partial charge in [0.25, 0.3) is 0 Å². The van der Waals surface area contributed by atoms with Crippen LogP contribution in [0.5, 0.6) is 0 Å². The smallest absolute Gasteiger partial charge is 0.0118 e. The van der Waals surface area contributed by atoms with Gasteiger partial charge in [0.15, 0.2) is 0 Å². The molecule has 0 aromatic rings. The van der Waals surface area contributed by atoms with Crippen molar-refractivity contribution in [1.29, 1.82) is 0 Å². The van der Waals surface area contributed by atoms with E-state index < -0.39 is 0 Å². The lowest BCUT2D eigenvalue weighted by Gasteiger charge is -2.32. The Balaban J connectivity index is 2.34. The van der Waals surface area contributed by atoms with Crippen LogP contribution in [0.2, 0.25) is 0 Å². The normalized spacial score (nSPS) is 48.5. The van der Waals surface area contributed by atoms with Crippen LogP contribution in [0, 0.1) is 16.7 Å². The van der Waals surface area contributed by atoms with E-state index in [4.69, 9.17) is 0 Å². The molecule has 2 atom stereocenters. The Hall–Kier alpha value is -0.260. The highest BCUT2D eigenvalue weighted by Crippen LogP contribution is 2.66. The maximum Gasteiger partial charge on any atom is -0.0118 e. The molecule has 2 unspecified atom stereocenters. The van der Waals surface area contributed by atoms with Crippen LogP contribution < -0.4 is 0 Å². The summed E-state index contributed by atoms with van der Waals surface area (Å²) < 4.78 is 0. The molecule has 56 valence electrons. The van der Waals surface area contributed by atoms with Crippen molar-refractivity contribution in [2.45, 2.75) is 33.6 Å². The van der Waals surface area contributed by atoms with Crippen LogP contribution in [-0.2, 0) is 0 Å². The highest BCUT2D eigenvalue weighted by Gasteiger charge is 2.58. The van der Waals surface area contributed by atoms with Gasteiger partial charge in [-0.25, -0.2) is 0 Å². The Kier molecular flexibility index (Phi) is 0.962. The molecule has 0 heteroatoms. The molecule has 10 heavy (non-hydrogen) atoms. The highest BCUT2D eigenvalue weighted by atomic mass is 14.6. The second-order valence-corrected chi connectivity index (χ2v) is 4.68. The molecule has 2 rings (SSSR count). The number of allylic oxidation sites excluding steroid dienone is 2. The zero-order valence-corrected chi connectivity index (χ0v) is 7.15. The molecular weight excluding hydrogens is 120 g/mol. The van der Waals surface area contributed by atoms with Gasteiger partial charge in [-0.3, -0.25) is 0 Å². The molecule has 0 heterocycles. The molecular formula is C10H16. The zero-order valence-electron chi connectivity index (χ0n) is 7.15. The molecule has 2 aliphatic carbocycles. The lowest BCUT2D eigenvalue weighted by atomic mass is 9.72. The van der Waals surface area contributed by atoms with Crippen LogP contribution >= 0.6 is 0 Å². The monoisotopic (exact) mass is 136 g/mol. The van der Waals surface area contributed by atoms with Crippen molar-refractivity contribution in [3.63, 3.8) is 0 Å². The quantitative estimate of drug-likeness (QED) is 0.449. The van der Waals surface area contributed by atoms with Gasteiger partial charge in [-0.15, -0.1) is 0 Å². The van der Waals surface area contributed by atoms with E-state index in [0.29, 0.717) is 10.8 Å². The average molecular weight is 136 g/mol. The van der Waals surface area contributed by atoms with Gasteiger partial charge in [-0.05, 0) is 29.6 Å². The fraction of sp³-hybridized carbons (Fsp3) is 0.800. The maximum atomic E-state index is 2.43. The van der Waals surface area contributed by atoms with Crippen molar-refractivity contribution in [1.82, 2.24) is 0 Å². The minimum atomic E-state index is 0.468. The van der Waals surface area contributed by atoms with Gasteiger partial charge < -0.3 is 0 Å². The molecule has 0 aromatic heterocycles. The summed E-state index contributed by atoms with van der Waals surface area (Å²) >= 11 is 0. The second kappa shape index (κ2) is 1.49. The van der Waals surface area contributed by atoms with Crippen molar-refractivity contribution < 1.29 is 0 Å². The van der Waals surface area contributed by atoms with E-state index in [9.17, 15) is 0 Å². The van der Waals surface area contributed by atoms with Crippen molar-refractivity contribution in [3.8, 4) is 0 Å². The summed E-state index contributed by atoms with van der Waals surface area (Å²) in [6.07, 6.45) is 7.54. The summed E-state index contributed by atoms with van der Waals surface area (Å²) in [7, 11) is 0. The zero-order chi connectivity index (χ0) is 7.41. The first-order valence-electron chi connectivity index (χ1n) is 4.24. The minimum absolute atomic E-state index is 0.468. The highest BCUT2D eigenvalue weighted by molar-refractivity contribution is 5.20. The SMILES string of the molecule is CC1(C)C=CCC2CC21C. The van der Waals surface area contributed by atoms with Crippen molar-refractivity contribution in [3.05, 3.63) is 12.2 Å². The van der Waals surface area contributed by atoms with Crippen LogP contribution in [0.15, 0.2) is 12.2 Å². The number of hydrogen-bond acceptors (Lipinski definition) is 0. The van der Waals surface area contributed by atoms with E-state index in [0.717, 1.165) is 5.92 Å². The lowest BCUT2D eigenvalue weighted by Crippen LogP contribution is -2.24. The summed E-state index contributed by atoms with van der Waals surface area (Å²) in [5.74, 6) is 1.01. The molecule has 1 fully saturated rings. The first-order valence-corrected chi connectivity index (χ1v) is 4.24. The van der Waals surface area contributed by atoms with Crippen LogP contribution in [0.4, 0.5) is 0 Å².